The van der Waals surface area contributed by atoms with E-state index in [0.717, 1.165) is 44.7 Å². The molecule has 1 aliphatic rings. The number of nitrogens with zero attached hydrogens (tertiary/aromatic N) is 1. The van der Waals surface area contributed by atoms with Gasteiger partial charge in [-0.1, -0.05) is 97.1 Å². The minimum atomic E-state index is -0.113. The number of para-hydroxylation sites is 4. The summed E-state index contributed by atoms with van der Waals surface area (Å²) in [6.07, 6.45) is 0. The van der Waals surface area contributed by atoms with E-state index in [1.54, 1.807) is 6.07 Å². The van der Waals surface area contributed by atoms with Gasteiger partial charge in [-0.15, -0.1) is 0 Å². The SMILES string of the molecule is Oc1ccccc1B1c2ccccc2Oc2cc(-c3ccc4c5ccccc5n(-c5ccccc5)c4c3)ccc21. The van der Waals surface area contributed by atoms with E-state index in [9.17, 15) is 5.11 Å². The highest BCUT2D eigenvalue weighted by Crippen LogP contribution is 2.36. The zero-order valence-corrected chi connectivity index (χ0v) is 21.7. The first kappa shape index (κ1) is 22.7. The van der Waals surface area contributed by atoms with Crippen LogP contribution in [0.5, 0.6) is 17.2 Å². The molecule has 0 radical (unpaired) electrons. The van der Waals surface area contributed by atoms with Crippen LogP contribution < -0.4 is 21.1 Å². The zero-order chi connectivity index (χ0) is 26.6. The Labute approximate surface area is 232 Å². The molecule has 1 aromatic heterocycles. The Bertz CT molecular complexity index is 2050. The Hall–Kier alpha value is -5.22. The third-order valence-corrected chi connectivity index (χ3v) is 8.04. The van der Waals surface area contributed by atoms with Crippen molar-refractivity contribution in [3.05, 3.63) is 140 Å². The molecule has 1 N–H and O–H groups in total. The minimum Gasteiger partial charge on any atom is -0.508 e. The van der Waals surface area contributed by atoms with Gasteiger partial charge in [-0.3, -0.25) is 0 Å². The molecule has 0 saturated carbocycles. The fourth-order valence-corrected chi connectivity index (χ4v) is 6.21. The number of aromatic nitrogens is 1. The predicted octanol–water partition coefficient (Wildman–Crippen LogP) is 6.78. The van der Waals surface area contributed by atoms with Crippen molar-refractivity contribution in [2.75, 3.05) is 0 Å². The zero-order valence-electron chi connectivity index (χ0n) is 21.7. The minimum absolute atomic E-state index is 0.113. The molecule has 7 aromatic rings. The molecule has 188 valence electrons. The molecule has 2 heterocycles. The van der Waals surface area contributed by atoms with Gasteiger partial charge in [0.15, 0.2) is 0 Å². The number of benzene rings is 6. The number of rotatable bonds is 3. The summed E-state index contributed by atoms with van der Waals surface area (Å²) < 4.78 is 8.81. The molecule has 0 spiro atoms. The van der Waals surface area contributed by atoms with Gasteiger partial charge in [-0.05, 0) is 70.0 Å². The number of aromatic hydroxyl groups is 1. The number of phenols is 1. The first-order valence-electron chi connectivity index (χ1n) is 13.5. The van der Waals surface area contributed by atoms with Crippen LogP contribution in [0.4, 0.5) is 0 Å². The van der Waals surface area contributed by atoms with Crippen molar-refractivity contribution in [1.29, 1.82) is 0 Å². The lowest BCUT2D eigenvalue weighted by Gasteiger charge is -2.27. The van der Waals surface area contributed by atoms with E-state index in [4.69, 9.17) is 4.74 Å². The first-order valence-corrected chi connectivity index (χ1v) is 13.5. The van der Waals surface area contributed by atoms with Gasteiger partial charge in [0.25, 0.3) is 6.71 Å². The summed E-state index contributed by atoms with van der Waals surface area (Å²) in [6, 6.07) is 47.9. The largest absolute Gasteiger partial charge is 0.508 e. The maximum absolute atomic E-state index is 10.8. The second-order valence-corrected chi connectivity index (χ2v) is 10.3. The van der Waals surface area contributed by atoms with Crippen molar-refractivity contribution in [3.63, 3.8) is 0 Å². The Balaban J connectivity index is 1.31. The van der Waals surface area contributed by atoms with Crippen LogP contribution in [0, 0.1) is 0 Å². The third kappa shape index (κ3) is 3.46. The second kappa shape index (κ2) is 8.93. The molecule has 1 aliphatic heterocycles. The van der Waals surface area contributed by atoms with Crippen molar-refractivity contribution in [2.24, 2.45) is 0 Å². The van der Waals surface area contributed by atoms with Crippen LogP contribution in [0.3, 0.4) is 0 Å². The van der Waals surface area contributed by atoms with Gasteiger partial charge in [0.05, 0.1) is 11.0 Å². The lowest BCUT2D eigenvalue weighted by atomic mass is 9.35. The van der Waals surface area contributed by atoms with Crippen molar-refractivity contribution >= 4 is 44.9 Å². The third-order valence-electron chi connectivity index (χ3n) is 8.04. The molecule has 0 saturated heterocycles. The maximum atomic E-state index is 10.8. The smallest absolute Gasteiger partial charge is 0.255 e. The van der Waals surface area contributed by atoms with E-state index in [0.29, 0.717) is 5.75 Å². The van der Waals surface area contributed by atoms with E-state index in [2.05, 4.69) is 102 Å². The fourth-order valence-electron chi connectivity index (χ4n) is 6.21. The summed E-state index contributed by atoms with van der Waals surface area (Å²) in [5.74, 6) is 1.92. The molecule has 0 fully saturated rings. The van der Waals surface area contributed by atoms with Crippen LogP contribution in [-0.4, -0.2) is 16.4 Å². The summed E-state index contributed by atoms with van der Waals surface area (Å²) >= 11 is 0. The van der Waals surface area contributed by atoms with E-state index < -0.39 is 0 Å². The lowest BCUT2D eigenvalue weighted by Crippen LogP contribution is -2.54. The van der Waals surface area contributed by atoms with E-state index in [1.807, 2.05) is 36.4 Å². The highest BCUT2D eigenvalue weighted by Gasteiger charge is 2.33. The van der Waals surface area contributed by atoms with Crippen molar-refractivity contribution in [1.82, 2.24) is 4.57 Å². The summed E-state index contributed by atoms with van der Waals surface area (Å²) in [5.41, 5.74) is 8.68. The van der Waals surface area contributed by atoms with Gasteiger partial charge in [-0.25, -0.2) is 0 Å². The van der Waals surface area contributed by atoms with Crippen molar-refractivity contribution < 1.29 is 9.84 Å². The van der Waals surface area contributed by atoms with Crippen LogP contribution >= 0.6 is 0 Å². The molecule has 6 aromatic carbocycles. The lowest BCUT2D eigenvalue weighted by molar-refractivity contribution is 0.479. The summed E-state index contributed by atoms with van der Waals surface area (Å²) in [5, 5.41) is 13.3. The number of ether oxygens (including phenoxy) is 1. The molecular weight excluding hydrogens is 489 g/mol. The summed E-state index contributed by atoms with van der Waals surface area (Å²) in [7, 11) is 0. The van der Waals surface area contributed by atoms with Gasteiger partial charge in [0.1, 0.15) is 17.2 Å². The highest BCUT2D eigenvalue weighted by atomic mass is 16.5. The van der Waals surface area contributed by atoms with Crippen LogP contribution in [0.1, 0.15) is 0 Å². The Morgan fingerprint density at radius 2 is 1.15 bits per heavy atom. The van der Waals surface area contributed by atoms with Gasteiger partial charge < -0.3 is 14.4 Å². The molecule has 0 atom stereocenters. The average molecular weight is 513 g/mol. The normalized spacial score (nSPS) is 12.2. The summed E-state index contributed by atoms with van der Waals surface area (Å²) in [4.78, 5) is 0. The molecule has 0 unspecified atom stereocenters. The molecule has 0 aliphatic carbocycles. The Morgan fingerprint density at radius 1 is 0.500 bits per heavy atom. The van der Waals surface area contributed by atoms with Crippen LogP contribution in [0.25, 0.3) is 38.6 Å². The Morgan fingerprint density at radius 3 is 2.02 bits per heavy atom. The number of hydrogen-bond donors (Lipinski definition) is 1. The van der Waals surface area contributed by atoms with Crippen LogP contribution in [0.2, 0.25) is 0 Å². The van der Waals surface area contributed by atoms with Crippen molar-refractivity contribution in [3.8, 4) is 34.1 Å². The number of hydrogen-bond acceptors (Lipinski definition) is 2. The van der Waals surface area contributed by atoms with Crippen LogP contribution in [-0.2, 0) is 0 Å². The molecule has 40 heavy (non-hydrogen) atoms. The van der Waals surface area contributed by atoms with Gasteiger partial charge in [0.2, 0.25) is 0 Å². The van der Waals surface area contributed by atoms with Crippen molar-refractivity contribution in [2.45, 2.75) is 0 Å². The topological polar surface area (TPSA) is 34.4 Å². The maximum Gasteiger partial charge on any atom is 0.255 e. The number of phenolic OH excluding ortho intramolecular Hbond substituents is 1. The highest BCUT2D eigenvalue weighted by molar-refractivity contribution is 6.97. The Kier molecular flexibility index (Phi) is 5.07. The molecule has 3 nitrogen and oxygen atoms in total. The van der Waals surface area contributed by atoms with E-state index in [1.165, 1.54) is 21.8 Å². The van der Waals surface area contributed by atoms with Gasteiger partial charge in [-0.2, -0.15) is 0 Å². The van der Waals surface area contributed by atoms with Gasteiger partial charge in [0, 0.05) is 16.5 Å². The summed E-state index contributed by atoms with van der Waals surface area (Å²) in [6.45, 7) is -0.113. The molecule has 8 rings (SSSR count). The van der Waals surface area contributed by atoms with E-state index in [-0.39, 0.29) is 6.71 Å². The first-order chi connectivity index (χ1) is 19.8. The second-order valence-electron chi connectivity index (χ2n) is 10.3. The molecule has 0 bridgehead atoms. The molecular formula is C36H24BNO2. The van der Waals surface area contributed by atoms with Crippen LogP contribution in [0.15, 0.2) is 140 Å². The monoisotopic (exact) mass is 513 g/mol. The molecule has 4 heteroatoms. The number of fused-ring (bicyclic) bond motifs is 5. The average Bonchev–Trinajstić information content (AvgIpc) is 3.34. The van der Waals surface area contributed by atoms with E-state index >= 15 is 0 Å². The van der Waals surface area contributed by atoms with Gasteiger partial charge >= 0.3 is 0 Å². The fraction of sp³-hybridized carbons (Fsp3) is 0. The standard InChI is InChI=1S/C36H24BNO2/c39-34-16-8-5-13-29(34)37-30-14-6-9-17-35(30)40-36-23-25(19-21-31(36)37)24-18-20-28-27-12-4-7-15-32(27)38(33(28)22-24)26-10-2-1-3-11-26/h1-23,39H. The molecule has 0 amide bonds. The quantitative estimate of drug-likeness (QED) is 0.265. The predicted molar refractivity (Wildman–Crippen MR) is 165 cm³/mol.